The third kappa shape index (κ3) is 6.71. The summed E-state index contributed by atoms with van der Waals surface area (Å²) in [6.45, 7) is 9.68. The number of benzene rings is 1. The van der Waals surface area contributed by atoms with Crippen LogP contribution < -0.4 is 14.8 Å². The summed E-state index contributed by atoms with van der Waals surface area (Å²) in [4.78, 5) is 7.00. The number of rotatable bonds is 6. The van der Waals surface area contributed by atoms with Crippen LogP contribution in [0.3, 0.4) is 0 Å². The molecule has 6 nitrogen and oxygen atoms in total. The number of nitrogens with zero attached hydrogens (tertiary/aromatic N) is 2. The van der Waals surface area contributed by atoms with E-state index in [2.05, 4.69) is 31.0 Å². The highest BCUT2D eigenvalue weighted by atomic mass is 127. The predicted octanol–water partition coefficient (Wildman–Crippen LogP) is 3.30. The van der Waals surface area contributed by atoms with Crippen molar-refractivity contribution < 1.29 is 14.6 Å². The summed E-state index contributed by atoms with van der Waals surface area (Å²) in [7, 11) is 3.21. The molecular formula is C20H34IN3O3. The summed E-state index contributed by atoms with van der Waals surface area (Å²) >= 11 is 0. The highest BCUT2D eigenvalue weighted by molar-refractivity contribution is 14.0. The molecule has 2 N–H and O–H groups in total. The Labute approximate surface area is 180 Å². The van der Waals surface area contributed by atoms with Crippen LogP contribution in [0.5, 0.6) is 11.5 Å². The first kappa shape index (κ1) is 23.8. The Morgan fingerprint density at radius 3 is 2.48 bits per heavy atom. The van der Waals surface area contributed by atoms with Gasteiger partial charge in [0.05, 0.1) is 20.8 Å². The minimum absolute atomic E-state index is 0. The summed E-state index contributed by atoms with van der Waals surface area (Å²) in [5.41, 5.74) is 0.687. The van der Waals surface area contributed by atoms with Gasteiger partial charge in [0, 0.05) is 25.2 Å². The van der Waals surface area contributed by atoms with Gasteiger partial charge in [-0.25, -0.2) is 0 Å². The average Bonchev–Trinajstić information content (AvgIpc) is 2.63. The number of aliphatic imine (C=N–C) groups is 1. The van der Waals surface area contributed by atoms with E-state index in [1.54, 1.807) is 26.4 Å². The molecule has 1 aliphatic rings. The molecule has 7 heteroatoms. The van der Waals surface area contributed by atoms with Crippen molar-refractivity contribution in [3.8, 4) is 11.5 Å². The molecule has 1 heterocycles. The number of aliphatic hydroxyl groups excluding tert-OH is 1. The van der Waals surface area contributed by atoms with E-state index in [-0.39, 0.29) is 30.5 Å². The third-order valence-corrected chi connectivity index (χ3v) is 4.71. The number of ether oxygens (including phenoxy) is 2. The topological polar surface area (TPSA) is 66.3 Å². The van der Waals surface area contributed by atoms with E-state index in [9.17, 15) is 5.11 Å². The van der Waals surface area contributed by atoms with Gasteiger partial charge in [0.1, 0.15) is 17.6 Å². The van der Waals surface area contributed by atoms with Gasteiger partial charge in [-0.3, -0.25) is 4.99 Å². The Hall–Kier alpha value is -1.22. The summed E-state index contributed by atoms with van der Waals surface area (Å²) < 4.78 is 10.6. The smallest absolute Gasteiger partial charge is 0.194 e. The second-order valence-electron chi connectivity index (χ2n) is 7.17. The molecule has 1 aromatic rings. The van der Waals surface area contributed by atoms with Crippen molar-refractivity contribution >= 4 is 29.9 Å². The zero-order valence-corrected chi connectivity index (χ0v) is 19.4. The molecule has 1 aromatic carbocycles. The van der Waals surface area contributed by atoms with E-state index in [4.69, 9.17) is 14.5 Å². The van der Waals surface area contributed by atoms with Gasteiger partial charge in [-0.1, -0.05) is 13.8 Å². The summed E-state index contributed by atoms with van der Waals surface area (Å²) in [5, 5.41) is 14.0. The Bertz CT molecular complexity index is 602. The van der Waals surface area contributed by atoms with Crippen molar-refractivity contribution in [2.45, 2.75) is 33.3 Å². The first-order chi connectivity index (χ1) is 12.5. The lowest BCUT2D eigenvalue weighted by molar-refractivity contribution is 0.179. The monoisotopic (exact) mass is 491 g/mol. The quantitative estimate of drug-likeness (QED) is 0.363. The number of aliphatic hydroxyl groups is 1. The first-order valence-electron chi connectivity index (χ1n) is 9.41. The van der Waals surface area contributed by atoms with Gasteiger partial charge in [0.15, 0.2) is 5.96 Å². The highest BCUT2D eigenvalue weighted by Crippen LogP contribution is 2.29. The van der Waals surface area contributed by atoms with Gasteiger partial charge in [0.2, 0.25) is 0 Å². The van der Waals surface area contributed by atoms with Crippen molar-refractivity contribution in [2.24, 2.45) is 16.8 Å². The average molecular weight is 491 g/mol. The molecule has 2 rings (SSSR count). The molecule has 1 aliphatic heterocycles. The van der Waals surface area contributed by atoms with Crippen LogP contribution in [0.4, 0.5) is 0 Å². The molecule has 1 saturated heterocycles. The van der Waals surface area contributed by atoms with E-state index < -0.39 is 6.10 Å². The fourth-order valence-electron chi connectivity index (χ4n) is 3.63. The summed E-state index contributed by atoms with van der Waals surface area (Å²) in [6.07, 6.45) is 0.493. The second kappa shape index (κ2) is 11.6. The molecule has 3 atom stereocenters. The molecular weight excluding hydrogens is 457 g/mol. The van der Waals surface area contributed by atoms with Crippen molar-refractivity contribution in [3.05, 3.63) is 23.8 Å². The van der Waals surface area contributed by atoms with Crippen molar-refractivity contribution in [2.75, 3.05) is 40.4 Å². The molecule has 154 valence electrons. The molecule has 0 saturated carbocycles. The predicted molar refractivity (Wildman–Crippen MR) is 120 cm³/mol. The van der Waals surface area contributed by atoms with Crippen LogP contribution in [0.15, 0.2) is 23.2 Å². The van der Waals surface area contributed by atoms with Crippen LogP contribution in [-0.4, -0.2) is 56.4 Å². The zero-order valence-electron chi connectivity index (χ0n) is 17.1. The van der Waals surface area contributed by atoms with E-state index in [1.807, 2.05) is 6.07 Å². The highest BCUT2D eigenvalue weighted by Gasteiger charge is 2.24. The Morgan fingerprint density at radius 2 is 1.93 bits per heavy atom. The van der Waals surface area contributed by atoms with Gasteiger partial charge in [0.25, 0.3) is 0 Å². The largest absolute Gasteiger partial charge is 0.497 e. The maximum atomic E-state index is 10.7. The normalized spacial score (nSPS) is 21.3. The molecule has 0 spiro atoms. The number of guanidine groups is 1. The minimum atomic E-state index is -0.756. The standard InChI is InChI=1S/C20H33N3O3.HI/c1-6-21-20(23-12-14(2)9-15(3)13-23)22-11-18(24)17-10-16(25-4)7-8-19(17)26-5;/h7-8,10,14-15,18,24H,6,9,11-13H2,1-5H3,(H,21,22);1H. The number of halogens is 1. The molecule has 0 amide bonds. The lowest BCUT2D eigenvalue weighted by Crippen LogP contribution is -2.48. The number of piperidine rings is 1. The molecule has 27 heavy (non-hydrogen) atoms. The zero-order chi connectivity index (χ0) is 19.1. The van der Waals surface area contributed by atoms with Crippen LogP contribution in [0, 0.1) is 11.8 Å². The molecule has 0 bridgehead atoms. The van der Waals surface area contributed by atoms with Gasteiger partial charge in [-0.2, -0.15) is 0 Å². The molecule has 0 radical (unpaired) electrons. The molecule has 0 aromatic heterocycles. The number of hydrogen-bond donors (Lipinski definition) is 2. The van der Waals surface area contributed by atoms with Crippen molar-refractivity contribution in [3.63, 3.8) is 0 Å². The fourth-order valence-corrected chi connectivity index (χ4v) is 3.63. The minimum Gasteiger partial charge on any atom is -0.497 e. The lowest BCUT2D eigenvalue weighted by atomic mass is 9.92. The number of methoxy groups -OCH3 is 2. The summed E-state index contributed by atoms with van der Waals surface area (Å²) in [5.74, 6) is 3.48. The maximum absolute atomic E-state index is 10.7. The van der Waals surface area contributed by atoms with Crippen LogP contribution in [-0.2, 0) is 0 Å². The molecule has 3 unspecified atom stereocenters. The van der Waals surface area contributed by atoms with E-state index >= 15 is 0 Å². The van der Waals surface area contributed by atoms with Crippen LogP contribution in [0.25, 0.3) is 0 Å². The van der Waals surface area contributed by atoms with E-state index in [0.717, 1.165) is 25.6 Å². The number of nitrogens with one attached hydrogen (secondary N) is 1. The lowest BCUT2D eigenvalue weighted by Gasteiger charge is -2.37. The van der Waals surface area contributed by atoms with E-state index in [0.29, 0.717) is 28.9 Å². The molecule has 1 fully saturated rings. The third-order valence-electron chi connectivity index (χ3n) is 4.71. The Morgan fingerprint density at radius 1 is 1.26 bits per heavy atom. The summed E-state index contributed by atoms with van der Waals surface area (Å²) in [6, 6.07) is 5.43. The van der Waals surface area contributed by atoms with Crippen LogP contribution >= 0.6 is 24.0 Å². The van der Waals surface area contributed by atoms with Gasteiger partial charge in [-0.05, 0) is 43.4 Å². The van der Waals surface area contributed by atoms with Crippen molar-refractivity contribution in [1.82, 2.24) is 10.2 Å². The number of hydrogen-bond acceptors (Lipinski definition) is 4. The number of likely N-dealkylation sites (tertiary alicyclic amines) is 1. The fraction of sp³-hybridized carbons (Fsp3) is 0.650. The van der Waals surface area contributed by atoms with E-state index in [1.165, 1.54) is 6.42 Å². The van der Waals surface area contributed by atoms with Crippen LogP contribution in [0.1, 0.15) is 38.9 Å². The molecule has 0 aliphatic carbocycles. The van der Waals surface area contributed by atoms with Gasteiger partial charge >= 0.3 is 0 Å². The Kier molecular flexibility index (Phi) is 10.2. The first-order valence-corrected chi connectivity index (χ1v) is 9.41. The second-order valence-corrected chi connectivity index (χ2v) is 7.17. The SMILES string of the molecule is CCNC(=NCC(O)c1cc(OC)ccc1OC)N1CC(C)CC(C)C1.I. The Balaban J connectivity index is 0.00000364. The van der Waals surface area contributed by atoms with Gasteiger partial charge < -0.3 is 24.8 Å². The maximum Gasteiger partial charge on any atom is 0.194 e. The van der Waals surface area contributed by atoms with Gasteiger partial charge in [-0.15, -0.1) is 24.0 Å². The van der Waals surface area contributed by atoms with Crippen molar-refractivity contribution in [1.29, 1.82) is 0 Å². The van der Waals surface area contributed by atoms with Crippen LogP contribution in [0.2, 0.25) is 0 Å².